The second kappa shape index (κ2) is 5.77. The van der Waals surface area contributed by atoms with E-state index < -0.39 is 5.54 Å². The van der Waals surface area contributed by atoms with E-state index in [-0.39, 0.29) is 5.91 Å². The molecule has 0 aromatic carbocycles. The fourth-order valence-electron chi connectivity index (χ4n) is 3.39. The fraction of sp³-hybridized carbons (Fsp3) is 0.929. The molecule has 2 aliphatic rings. The van der Waals surface area contributed by atoms with Gasteiger partial charge in [0.2, 0.25) is 5.91 Å². The summed E-state index contributed by atoms with van der Waals surface area (Å²) in [5.41, 5.74) is 10.7. The van der Waals surface area contributed by atoms with Crippen LogP contribution in [-0.4, -0.2) is 59.5 Å². The minimum atomic E-state index is -0.765. The first kappa shape index (κ1) is 14.8. The zero-order valence-electron chi connectivity index (χ0n) is 12.3. The van der Waals surface area contributed by atoms with Crippen molar-refractivity contribution in [3.63, 3.8) is 0 Å². The molecule has 1 heterocycles. The maximum Gasteiger partial charge on any atom is 0.237 e. The van der Waals surface area contributed by atoms with Gasteiger partial charge in [0.1, 0.15) is 0 Å². The summed E-state index contributed by atoms with van der Waals surface area (Å²) in [5, 5.41) is 0. The number of hydrogen-bond donors (Lipinski definition) is 2. The van der Waals surface area contributed by atoms with Gasteiger partial charge in [-0.15, -0.1) is 0 Å². The van der Waals surface area contributed by atoms with Gasteiger partial charge in [-0.25, -0.2) is 0 Å². The van der Waals surface area contributed by atoms with Gasteiger partial charge in [0.05, 0.1) is 5.54 Å². The molecule has 5 heteroatoms. The molecule has 0 bridgehead atoms. The highest BCUT2D eigenvalue weighted by Gasteiger charge is 2.43. The number of amides is 1. The molecule has 5 nitrogen and oxygen atoms in total. The first-order valence-electron chi connectivity index (χ1n) is 7.53. The largest absolute Gasteiger partial charge is 0.368 e. The standard InChI is InChI=1S/C14H28N4O/c1-3-11(2)17-6-8-18(9-7-17)12-4-5-14(16,10-12)13(15)19/h11-12H,3-10,16H2,1-2H3,(H2,15,19). The van der Waals surface area contributed by atoms with Gasteiger partial charge in [-0.2, -0.15) is 0 Å². The number of carbonyl (C=O) groups excluding carboxylic acids is 1. The summed E-state index contributed by atoms with van der Waals surface area (Å²) in [6.07, 6.45) is 3.67. The Labute approximate surface area is 116 Å². The van der Waals surface area contributed by atoms with Gasteiger partial charge < -0.3 is 11.5 Å². The highest BCUT2D eigenvalue weighted by molar-refractivity contribution is 5.84. The maximum atomic E-state index is 11.4. The molecule has 0 aromatic heterocycles. The van der Waals surface area contributed by atoms with Gasteiger partial charge in [-0.05, 0) is 32.6 Å². The van der Waals surface area contributed by atoms with E-state index in [1.54, 1.807) is 0 Å². The third-order valence-corrected chi connectivity index (χ3v) is 5.09. The van der Waals surface area contributed by atoms with Gasteiger partial charge in [0.15, 0.2) is 0 Å². The Morgan fingerprint density at radius 3 is 2.47 bits per heavy atom. The summed E-state index contributed by atoms with van der Waals surface area (Å²) in [5.74, 6) is -0.340. The summed E-state index contributed by atoms with van der Waals surface area (Å²) >= 11 is 0. The normalized spacial score (nSPS) is 35.4. The maximum absolute atomic E-state index is 11.4. The quantitative estimate of drug-likeness (QED) is 0.760. The second-order valence-corrected chi connectivity index (χ2v) is 6.25. The first-order valence-corrected chi connectivity index (χ1v) is 7.53. The third kappa shape index (κ3) is 3.09. The van der Waals surface area contributed by atoms with E-state index in [0.717, 1.165) is 45.4 Å². The van der Waals surface area contributed by atoms with Gasteiger partial charge >= 0.3 is 0 Å². The van der Waals surface area contributed by atoms with Crippen LogP contribution in [-0.2, 0) is 4.79 Å². The molecular weight excluding hydrogens is 240 g/mol. The Hall–Kier alpha value is -0.650. The van der Waals surface area contributed by atoms with Crippen molar-refractivity contribution in [3.05, 3.63) is 0 Å². The Kier molecular flexibility index (Phi) is 4.48. The molecule has 1 amide bonds. The lowest BCUT2D eigenvalue weighted by atomic mass is 9.98. The highest BCUT2D eigenvalue weighted by atomic mass is 16.1. The lowest BCUT2D eigenvalue weighted by molar-refractivity contribution is -0.123. The van der Waals surface area contributed by atoms with Crippen molar-refractivity contribution in [2.24, 2.45) is 11.5 Å². The Balaban J connectivity index is 1.85. The molecule has 3 unspecified atom stereocenters. The second-order valence-electron chi connectivity index (χ2n) is 6.25. The van der Waals surface area contributed by atoms with Crippen molar-refractivity contribution in [3.8, 4) is 0 Å². The molecule has 1 aliphatic carbocycles. The Morgan fingerprint density at radius 2 is 2.00 bits per heavy atom. The SMILES string of the molecule is CCC(C)N1CCN(C2CCC(N)(C(N)=O)C2)CC1. The summed E-state index contributed by atoms with van der Waals surface area (Å²) < 4.78 is 0. The fourth-order valence-corrected chi connectivity index (χ4v) is 3.39. The number of primary amides is 1. The number of hydrogen-bond acceptors (Lipinski definition) is 4. The average Bonchev–Trinajstić information content (AvgIpc) is 2.82. The minimum Gasteiger partial charge on any atom is -0.368 e. The molecule has 2 fully saturated rings. The van der Waals surface area contributed by atoms with Crippen LogP contribution in [0.4, 0.5) is 0 Å². The molecule has 2 rings (SSSR count). The predicted octanol–water partition coefficient (Wildman–Crippen LogP) is 0.138. The van der Waals surface area contributed by atoms with E-state index in [2.05, 4.69) is 23.6 Å². The molecule has 3 atom stereocenters. The number of rotatable bonds is 4. The molecule has 1 saturated carbocycles. The monoisotopic (exact) mass is 268 g/mol. The molecular formula is C14H28N4O. The van der Waals surface area contributed by atoms with Gasteiger partial charge in [-0.3, -0.25) is 14.6 Å². The van der Waals surface area contributed by atoms with Crippen molar-refractivity contribution >= 4 is 5.91 Å². The van der Waals surface area contributed by atoms with Crippen LogP contribution < -0.4 is 11.5 Å². The zero-order valence-corrected chi connectivity index (χ0v) is 12.3. The van der Waals surface area contributed by atoms with E-state index >= 15 is 0 Å². The van der Waals surface area contributed by atoms with Crippen molar-refractivity contribution in [2.45, 2.75) is 57.2 Å². The zero-order chi connectivity index (χ0) is 14.0. The topological polar surface area (TPSA) is 75.6 Å². The van der Waals surface area contributed by atoms with Crippen LogP contribution in [0.1, 0.15) is 39.5 Å². The molecule has 0 radical (unpaired) electrons. The molecule has 19 heavy (non-hydrogen) atoms. The van der Waals surface area contributed by atoms with Crippen LogP contribution in [0.15, 0.2) is 0 Å². The van der Waals surface area contributed by atoms with Gasteiger partial charge in [-0.1, -0.05) is 6.92 Å². The summed E-state index contributed by atoms with van der Waals surface area (Å²) in [6.45, 7) is 8.96. The van der Waals surface area contributed by atoms with Crippen molar-refractivity contribution in [1.29, 1.82) is 0 Å². The van der Waals surface area contributed by atoms with Crippen molar-refractivity contribution in [2.75, 3.05) is 26.2 Å². The Bertz CT molecular complexity index is 327. The smallest absolute Gasteiger partial charge is 0.237 e. The van der Waals surface area contributed by atoms with Crippen LogP contribution in [0.5, 0.6) is 0 Å². The Morgan fingerprint density at radius 1 is 1.37 bits per heavy atom. The van der Waals surface area contributed by atoms with Crippen LogP contribution in [0.3, 0.4) is 0 Å². The minimum absolute atomic E-state index is 0.340. The number of piperazine rings is 1. The van der Waals surface area contributed by atoms with Crippen LogP contribution in [0.25, 0.3) is 0 Å². The van der Waals surface area contributed by atoms with E-state index in [1.807, 2.05) is 0 Å². The average molecular weight is 268 g/mol. The number of nitrogens with two attached hydrogens (primary N) is 2. The molecule has 110 valence electrons. The molecule has 1 aliphatic heterocycles. The number of nitrogens with zero attached hydrogens (tertiary/aromatic N) is 2. The van der Waals surface area contributed by atoms with E-state index in [4.69, 9.17) is 11.5 Å². The van der Waals surface area contributed by atoms with Crippen LogP contribution in [0.2, 0.25) is 0 Å². The van der Waals surface area contributed by atoms with Crippen molar-refractivity contribution < 1.29 is 4.79 Å². The van der Waals surface area contributed by atoms with E-state index in [9.17, 15) is 4.79 Å². The molecule has 0 spiro atoms. The summed E-state index contributed by atoms with van der Waals surface area (Å²) in [7, 11) is 0. The first-order chi connectivity index (χ1) is 8.96. The summed E-state index contributed by atoms with van der Waals surface area (Å²) in [6, 6.07) is 1.11. The van der Waals surface area contributed by atoms with E-state index in [0.29, 0.717) is 12.1 Å². The summed E-state index contributed by atoms with van der Waals surface area (Å²) in [4.78, 5) is 16.4. The van der Waals surface area contributed by atoms with Crippen LogP contribution >= 0.6 is 0 Å². The molecule has 4 N–H and O–H groups in total. The molecule has 0 aromatic rings. The van der Waals surface area contributed by atoms with Crippen molar-refractivity contribution in [1.82, 2.24) is 9.80 Å². The lowest BCUT2D eigenvalue weighted by Gasteiger charge is -2.40. The van der Waals surface area contributed by atoms with Gasteiger partial charge in [0.25, 0.3) is 0 Å². The predicted molar refractivity (Wildman–Crippen MR) is 76.7 cm³/mol. The lowest BCUT2D eigenvalue weighted by Crippen LogP contribution is -2.54. The van der Waals surface area contributed by atoms with Crippen LogP contribution in [0, 0.1) is 0 Å². The van der Waals surface area contributed by atoms with E-state index in [1.165, 1.54) is 6.42 Å². The highest BCUT2D eigenvalue weighted by Crippen LogP contribution is 2.31. The third-order valence-electron chi connectivity index (χ3n) is 5.09. The molecule has 1 saturated heterocycles. The number of carbonyl (C=O) groups is 1. The van der Waals surface area contributed by atoms with Gasteiger partial charge in [0, 0.05) is 38.3 Å².